The van der Waals surface area contributed by atoms with Crippen LogP contribution in [0.1, 0.15) is 44.6 Å². The summed E-state index contributed by atoms with van der Waals surface area (Å²) in [6.45, 7) is 3.89. The highest BCUT2D eigenvalue weighted by atomic mass is 16.5. The fraction of sp³-hybridized carbons (Fsp3) is 0.579. The van der Waals surface area contributed by atoms with Crippen molar-refractivity contribution in [2.75, 3.05) is 13.2 Å². The molecule has 2 atom stereocenters. The smallest absolute Gasteiger partial charge is 0.306 e. The summed E-state index contributed by atoms with van der Waals surface area (Å²) in [7, 11) is 0. The molecule has 124 valence electrons. The van der Waals surface area contributed by atoms with Gasteiger partial charge < -0.3 is 4.74 Å². The molecule has 0 bridgehead atoms. The molecule has 0 aliphatic heterocycles. The highest BCUT2D eigenvalue weighted by Crippen LogP contribution is 2.33. The number of nitriles is 1. The van der Waals surface area contributed by atoms with E-state index in [9.17, 15) is 4.79 Å². The monoisotopic (exact) mass is 314 g/mol. The summed E-state index contributed by atoms with van der Waals surface area (Å²) in [6, 6.07) is 13.0. The van der Waals surface area contributed by atoms with Gasteiger partial charge in [-0.25, -0.2) is 0 Å². The Balaban J connectivity index is 2.04. The van der Waals surface area contributed by atoms with Crippen molar-refractivity contribution in [3.05, 3.63) is 35.9 Å². The number of esters is 1. The lowest BCUT2D eigenvalue weighted by Gasteiger charge is -2.32. The molecule has 4 heteroatoms. The van der Waals surface area contributed by atoms with Crippen LogP contribution in [-0.4, -0.2) is 30.1 Å². The molecular formula is C19H26N2O2. The standard InChI is InChI=1S/C19H26N2O2/c1-2-23-19(22)14-17-10-6-11-18(17)21(13-7-12-20)15-16-8-4-3-5-9-16/h3-5,8-9,17-18H,2,6-7,10-11,13-15H2,1H3/t17-,18-/m0/s1. The van der Waals surface area contributed by atoms with Crippen LogP contribution in [0, 0.1) is 17.2 Å². The molecule has 1 saturated carbocycles. The normalized spacial score (nSPS) is 20.4. The molecule has 0 N–H and O–H groups in total. The number of carbonyl (C=O) groups is 1. The van der Waals surface area contributed by atoms with E-state index >= 15 is 0 Å². The second-order valence-electron chi connectivity index (χ2n) is 6.13. The van der Waals surface area contributed by atoms with Crippen LogP contribution in [0.2, 0.25) is 0 Å². The van der Waals surface area contributed by atoms with Gasteiger partial charge in [0.2, 0.25) is 0 Å². The van der Waals surface area contributed by atoms with Crippen LogP contribution in [0.15, 0.2) is 30.3 Å². The molecule has 0 saturated heterocycles. The van der Waals surface area contributed by atoms with Crippen LogP contribution in [0.3, 0.4) is 0 Å². The second kappa shape index (κ2) is 9.32. The minimum Gasteiger partial charge on any atom is -0.466 e. The Hall–Kier alpha value is -1.86. The number of nitrogens with zero attached hydrogens (tertiary/aromatic N) is 2. The Morgan fingerprint density at radius 1 is 1.35 bits per heavy atom. The van der Waals surface area contributed by atoms with E-state index in [4.69, 9.17) is 10.00 Å². The second-order valence-corrected chi connectivity index (χ2v) is 6.13. The van der Waals surface area contributed by atoms with E-state index in [1.165, 1.54) is 5.56 Å². The molecule has 1 aromatic carbocycles. The zero-order chi connectivity index (χ0) is 16.5. The molecule has 2 rings (SSSR count). The summed E-state index contributed by atoms with van der Waals surface area (Å²) in [5.74, 6) is 0.251. The first-order valence-corrected chi connectivity index (χ1v) is 8.55. The zero-order valence-corrected chi connectivity index (χ0v) is 13.9. The van der Waals surface area contributed by atoms with E-state index in [-0.39, 0.29) is 5.97 Å². The summed E-state index contributed by atoms with van der Waals surface area (Å²) in [6.07, 6.45) is 4.34. The Kier molecular flexibility index (Phi) is 7.09. The molecule has 0 amide bonds. The molecule has 0 unspecified atom stereocenters. The van der Waals surface area contributed by atoms with Gasteiger partial charge >= 0.3 is 5.97 Å². The van der Waals surface area contributed by atoms with Gasteiger partial charge in [-0.15, -0.1) is 0 Å². The van der Waals surface area contributed by atoms with Crippen molar-refractivity contribution in [3.8, 4) is 6.07 Å². The predicted molar refractivity (Wildman–Crippen MR) is 89.5 cm³/mol. The highest BCUT2D eigenvalue weighted by molar-refractivity contribution is 5.69. The molecule has 4 nitrogen and oxygen atoms in total. The van der Waals surface area contributed by atoms with Gasteiger partial charge in [0.15, 0.2) is 0 Å². The maximum Gasteiger partial charge on any atom is 0.306 e. The average molecular weight is 314 g/mol. The molecule has 0 radical (unpaired) electrons. The fourth-order valence-electron chi connectivity index (χ4n) is 3.54. The molecular weight excluding hydrogens is 288 g/mol. The van der Waals surface area contributed by atoms with Crippen molar-refractivity contribution in [1.82, 2.24) is 4.90 Å². The first kappa shape index (κ1) is 17.5. The van der Waals surface area contributed by atoms with E-state index in [2.05, 4.69) is 23.1 Å². The van der Waals surface area contributed by atoms with Crippen LogP contribution < -0.4 is 0 Å². The lowest BCUT2D eigenvalue weighted by atomic mass is 9.97. The molecule has 1 aliphatic carbocycles. The van der Waals surface area contributed by atoms with Crippen LogP contribution in [0.25, 0.3) is 0 Å². The van der Waals surface area contributed by atoms with Gasteiger partial charge in [0, 0.05) is 32.0 Å². The third-order valence-electron chi connectivity index (χ3n) is 4.56. The van der Waals surface area contributed by atoms with Gasteiger partial charge in [-0.3, -0.25) is 9.69 Å². The lowest BCUT2D eigenvalue weighted by Crippen LogP contribution is -2.38. The maximum absolute atomic E-state index is 11.8. The molecule has 0 heterocycles. The number of carbonyl (C=O) groups excluding carboxylic acids is 1. The number of hydrogen-bond acceptors (Lipinski definition) is 4. The average Bonchev–Trinajstić information content (AvgIpc) is 3.00. The quantitative estimate of drug-likeness (QED) is 0.689. The largest absolute Gasteiger partial charge is 0.466 e. The Morgan fingerprint density at radius 3 is 2.83 bits per heavy atom. The fourth-order valence-corrected chi connectivity index (χ4v) is 3.54. The first-order valence-electron chi connectivity index (χ1n) is 8.55. The molecule has 0 spiro atoms. The number of benzene rings is 1. The van der Waals surface area contributed by atoms with Crippen molar-refractivity contribution in [3.63, 3.8) is 0 Å². The summed E-state index contributed by atoms with van der Waals surface area (Å²) in [5, 5.41) is 8.95. The van der Waals surface area contributed by atoms with E-state index in [0.29, 0.717) is 31.4 Å². The number of rotatable bonds is 8. The molecule has 1 fully saturated rings. The molecule has 0 aromatic heterocycles. The summed E-state index contributed by atoms with van der Waals surface area (Å²) in [4.78, 5) is 14.2. The summed E-state index contributed by atoms with van der Waals surface area (Å²) >= 11 is 0. The third kappa shape index (κ3) is 5.37. The van der Waals surface area contributed by atoms with Crippen molar-refractivity contribution in [2.24, 2.45) is 5.92 Å². The number of ether oxygens (including phenoxy) is 1. The molecule has 23 heavy (non-hydrogen) atoms. The topological polar surface area (TPSA) is 53.3 Å². The minimum absolute atomic E-state index is 0.0932. The Morgan fingerprint density at radius 2 is 2.13 bits per heavy atom. The zero-order valence-electron chi connectivity index (χ0n) is 13.9. The van der Waals surface area contributed by atoms with E-state index in [1.54, 1.807) is 0 Å². The Labute approximate surface area is 139 Å². The summed E-state index contributed by atoms with van der Waals surface area (Å²) in [5.41, 5.74) is 1.26. The van der Waals surface area contributed by atoms with Gasteiger partial charge in [0.05, 0.1) is 12.7 Å². The van der Waals surface area contributed by atoms with Crippen LogP contribution in [0.4, 0.5) is 0 Å². The van der Waals surface area contributed by atoms with E-state index < -0.39 is 0 Å². The van der Waals surface area contributed by atoms with Crippen molar-refractivity contribution in [1.29, 1.82) is 5.26 Å². The highest BCUT2D eigenvalue weighted by Gasteiger charge is 2.33. The Bertz CT molecular complexity index is 524. The number of hydrogen-bond donors (Lipinski definition) is 0. The van der Waals surface area contributed by atoms with Crippen LogP contribution >= 0.6 is 0 Å². The van der Waals surface area contributed by atoms with Crippen molar-refractivity contribution < 1.29 is 9.53 Å². The van der Waals surface area contributed by atoms with Crippen molar-refractivity contribution >= 4 is 5.97 Å². The van der Waals surface area contributed by atoms with Crippen LogP contribution in [-0.2, 0) is 16.1 Å². The van der Waals surface area contributed by atoms with Gasteiger partial charge in [0.1, 0.15) is 0 Å². The first-order chi connectivity index (χ1) is 11.2. The van der Waals surface area contributed by atoms with Gasteiger partial charge in [-0.05, 0) is 31.2 Å². The lowest BCUT2D eigenvalue weighted by molar-refractivity contribution is -0.144. The third-order valence-corrected chi connectivity index (χ3v) is 4.56. The van der Waals surface area contributed by atoms with E-state index in [1.807, 2.05) is 25.1 Å². The van der Waals surface area contributed by atoms with Gasteiger partial charge in [-0.1, -0.05) is 36.8 Å². The molecule has 1 aliphatic rings. The van der Waals surface area contributed by atoms with Gasteiger partial charge in [-0.2, -0.15) is 5.26 Å². The van der Waals surface area contributed by atoms with E-state index in [0.717, 1.165) is 32.4 Å². The predicted octanol–water partition coefficient (Wildman–Crippen LogP) is 3.52. The minimum atomic E-state index is -0.0932. The SMILES string of the molecule is CCOC(=O)C[C@@H]1CCC[C@@H]1N(CCC#N)Cc1ccccc1. The summed E-state index contributed by atoms with van der Waals surface area (Å²) < 4.78 is 5.12. The van der Waals surface area contributed by atoms with Crippen LogP contribution in [0.5, 0.6) is 0 Å². The van der Waals surface area contributed by atoms with Crippen molar-refractivity contribution in [2.45, 2.75) is 51.6 Å². The molecule has 1 aromatic rings. The maximum atomic E-state index is 11.8. The van der Waals surface area contributed by atoms with Gasteiger partial charge in [0.25, 0.3) is 0 Å².